The van der Waals surface area contributed by atoms with Crippen LogP contribution in [0.25, 0.3) is 0 Å². The van der Waals surface area contributed by atoms with E-state index in [0.717, 1.165) is 29.0 Å². The Balaban J connectivity index is 2.10. The molecule has 0 saturated heterocycles. The molecular weight excluding hydrogens is 266 g/mol. The largest absolute Gasteiger partial charge is 0.354 e. The molecule has 2 rings (SSSR count). The predicted molar refractivity (Wildman–Crippen MR) is 86.4 cm³/mol. The average molecular weight is 287 g/mol. The van der Waals surface area contributed by atoms with Crippen molar-refractivity contribution >= 4 is 17.7 Å². The molecule has 20 heavy (non-hydrogen) atoms. The summed E-state index contributed by atoms with van der Waals surface area (Å²) in [7, 11) is 0. The minimum Gasteiger partial charge on any atom is -0.354 e. The van der Waals surface area contributed by atoms with Gasteiger partial charge in [-0.3, -0.25) is 0 Å². The first-order valence-electron chi connectivity index (χ1n) is 6.86. The first-order valence-corrected chi connectivity index (χ1v) is 7.85. The molecule has 0 unspecified atom stereocenters. The Labute approximate surface area is 125 Å². The second-order valence-electron chi connectivity index (χ2n) is 4.99. The molecule has 1 N–H and O–H groups in total. The maximum absolute atomic E-state index is 4.52. The molecule has 0 aliphatic heterocycles. The quantitative estimate of drug-likeness (QED) is 0.663. The van der Waals surface area contributed by atoms with Crippen molar-refractivity contribution in [3.63, 3.8) is 0 Å². The summed E-state index contributed by atoms with van der Waals surface area (Å²) in [5.74, 6) is 1.65. The molecule has 1 aromatic heterocycles. The fraction of sp³-hybridized carbons (Fsp3) is 0.375. The number of nitrogens with zero attached hydrogens (tertiary/aromatic N) is 2. The van der Waals surface area contributed by atoms with E-state index in [1.54, 1.807) is 11.8 Å². The molecular formula is C16H21N3S. The van der Waals surface area contributed by atoms with Crippen molar-refractivity contribution in [2.45, 2.75) is 38.5 Å². The van der Waals surface area contributed by atoms with Crippen LogP contribution in [0, 0.1) is 20.8 Å². The lowest BCUT2D eigenvalue weighted by Gasteiger charge is -2.07. The highest BCUT2D eigenvalue weighted by atomic mass is 32.2. The van der Waals surface area contributed by atoms with Crippen LogP contribution < -0.4 is 5.32 Å². The minimum atomic E-state index is 0.718. The fourth-order valence-electron chi connectivity index (χ4n) is 2.16. The number of rotatable bonds is 5. The third kappa shape index (κ3) is 4.23. The van der Waals surface area contributed by atoms with Crippen LogP contribution in [0.3, 0.4) is 0 Å². The zero-order chi connectivity index (χ0) is 14.5. The summed E-state index contributed by atoms with van der Waals surface area (Å²) in [6.07, 6.45) is 0. The van der Waals surface area contributed by atoms with E-state index in [4.69, 9.17) is 0 Å². The first-order chi connectivity index (χ1) is 9.56. The van der Waals surface area contributed by atoms with Crippen LogP contribution in [0.5, 0.6) is 0 Å². The summed E-state index contributed by atoms with van der Waals surface area (Å²) in [6.45, 7) is 9.17. The number of aromatic nitrogens is 2. The Morgan fingerprint density at radius 1 is 1.00 bits per heavy atom. The maximum atomic E-state index is 4.52. The van der Waals surface area contributed by atoms with Crippen molar-refractivity contribution in [3.8, 4) is 0 Å². The summed E-state index contributed by atoms with van der Waals surface area (Å²) in [6, 6.07) is 8.71. The molecule has 0 aliphatic carbocycles. The number of thioether (sulfide) groups is 1. The van der Waals surface area contributed by atoms with Crippen molar-refractivity contribution in [3.05, 3.63) is 46.6 Å². The Morgan fingerprint density at radius 2 is 1.70 bits per heavy atom. The molecule has 0 bridgehead atoms. The van der Waals surface area contributed by atoms with E-state index in [2.05, 4.69) is 47.3 Å². The zero-order valence-electron chi connectivity index (χ0n) is 12.5. The Kier molecular flexibility index (Phi) is 5.01. The van der Waals surface area contributed by atoms with E-state index in [-0.39, 0.29) is 0 Å². The molecule has 0 aliphatic rings. The van der Waals surface area contributed by atoms with Crippen molar-refractivity contribution in [1.82, 2.24) is 9.97 Å². The van der Waals surface area contributed by atoms with Gasteiger partial charge in [-0.15, -0.1) is 11.8 Å². The van der Waals surface area contributed by atoms with Gasteiger partial charge in [0.05, 0.1) is 0 Å². The van der Waals surface area contributed by atoms with Crippen molar-refractivity contribution < 1.29 is 0 Å². The van der Waals surface area contributed by atoms with Gasteiger partial charge in [0, 0.05) is 18.0 Å². The van der Waals surface area contributed by atoms with Crippen LogP contribution in [0.4, 0.5) is 5.95 Å². The number of hydrogen-bond donors (Lipinski definition) is 1. The number of nitrogens with one attached hydrogen (secondary N) is 1. The molecule has 106 valence electrons. The third-order valence-corrected chi connectivity index (χ3v) is 3.82. The van der Waals surface area contributed by atoms with Gasteiger partial charge in [-0.1, -0.05) is 29.3 Å². The summed E-state index contributed by atoms with van der Waals surface area (Å²) >= 11 is 1.75. The number of benzene rings is 1. The van der Waals surface area contributed by atoms with E-state index >= 15 is 0 Å². The SMILES string of the molecule is CCNc1nc(C)cc(SCc2cc(C)cc(C)c2)n1. The van der Waals surface area contributed by atoms with Gasteiger partial charge in [-0.2, -0.15) is 0 Å². The highest BCUT2D eigenvalue weighted by Crippen LogP contribution is 2.23. The maximum Gasteiger partial charge on any atom is 0.223 e. The Morgan fingerprint density at radius 3 is 2.35 bits per heavy atom. The van der Waals surface area contributed by atoms with E-state index in [0.29, 0.717) is 0 Å². The highest BCUT2D eigenvalue weighted by Gasteiger charge is 2.03. The average Bonchev–Trinajstić information content (AvgIpc) is 2.35. The van der Waals surface area contributed by atoms with Gasteiger partial charge < -0.3 is 5.32 Å². The van der Waals surface area contributed by atoms with E-state index in [1.807, 2.05) is 19.9 Å². The van der Waals surface area contributed by atoms with Gasteiger partial charge in [0.15, 0.2) is 0 Å². The summed E-state index contributed by atoms with van der Waals surface area (Å²) in [4.78, 5) is 8.90. The third-order valence-electron chi connectivity index (χ3n) is 2.83. The molecule has 0 spiro atoms. The first kappa shape index (κ1) is 14.9. The predicted octanol–water partition coefficient (Wildman–Crippen LogP) is 4.13. The molecule has 0 fully saturated rings. The molecule has 1 aromatic carbocycles. The van der Waals surface area contributed by atoms with Gasteiger partial charge in [0.2, 0.25) is 5.95 Å². The van der Waals surface area contributed by atoms with Crippen molar-refractivity contribution in [2.24, 2.45) is 0 Å². The molecule has 0 amide bonds. The number of hydrogen-bond acceptors (Lipinski definition) is 4. The topological polar surface area (TPSA) is 37.8 Å². The van der Waals surface area contributed by atoms with Crippen molar-refractivity contribution in [1.29, 1.82) is 0 Å². The highest BCUT2D eigenvalue weighted by molar-refractivity contribution is 7.98. The second kappa shape index (κ2) is 6.75. The Bertz CT molecular complexity index is 576. The Hall–Kier alpha value is -1.55. The van der Waals surface area contributed by atoms with Crippen molar-refractivity contribution in [2.75, 3.05) is 11.9 Å². The summed E-state index contributed by atoms with van der Waals surface area (Å²) in [5.41, 5.74) is 4.97. The van der Waals surface area contributed by atoms with Crippen LogP contribution in [-0.4, -0.2) is 16.5 Å². The lowest BCUT2D eigenvalue weighted by Crippen LogP contribution is -2.03. The zero-order valence-corrected chi connectivity index (χ0v) is 13.3. The number of aryl methyl sites for hydroxylation is 3. The normalized spacial score (nSPS) is 10.6. The molecule has 2 aromatic rings. The minimum absolute atomic E-state index is 0.718. The van der Waals surface area contributed by atoms with E-state index in [9.17, 15) is 0 Å². The lowest BCUT2D eigenvalue weighted by atomic mass is 10.1. The van der Waals surface area contributed by atoms with E-state index in [1.165, 1.54) is 16.7 Å². The van der Waals surface area contributed by atoms with Gasteiger partial charge >= 0.3 is 0 Å². The lowest BCUT2D eigenvalue weighted by molar-refractivity contribution is 0.984. The van der Waals surface area contributed by atoms with Crippen LogP contribution in [0.2, 0.25) is 0 Å². The molecule has 3 nitrogen and oxygen atoms in total. The van der Waals surface area contributed by atoms with Gasteiger partial charge in [-0.05, 0) is 39.3 Å². The number of anilines is 1. The fourth-order valence-corrected chi connectivity index (χ4v) is 3.05. The standard InChI is InChI=1S/C16H21N3S/c1-5-17-16-18-13(4)9-15(19-16)20-10-14-7-11(2)6-12(3)8-14/h6-9H,5,10H2,1-4H3,(H,17,18,19). The molecule has 0 saturated carbocycles. The second-order valence-corrected chi connectivity index (χ2v) is 5.98. The van der Waals surface area contributed by atoms with E-state index < -0.39 is 0 Å². The summed E-state index contributed by atoms with van der Waals surface area (Å²) < 4.78 is 0. The van der Waals surface area contributed by atoms with Crippen LogP contribution in [0.15, 0.2) is 29.3 Å². The van der Waals surface area contributed by atoms with Crippen LogP contribution >= 0.6 is 11.8 Å². The van der Waals surface area contributed by atoms with Gasteiger partial charge in [-0.25, -0.2) is 9.97 Å². The molecule has 1 heterocycles. The molecule has 0 radical (unpaired) electrons. The molecule has 0 atom stereocenters. The molecule has 4 heteroatoms. The van der Waals surface area contributed by atoms with Crippen LogP contribution in [0.1, 0.15) is 29.3 Å². The van der Waals surface area contributed by atoms with Gasteiger partial charge in [0.1, 0.15) is 5.03 Å². The monoisotopic (exact) mass is 287 g/mol. The smallest absolute Gasteiger partial charge is 0.223 e. The van der Waals surface area contributed by atoms with Crippen LogP contribution in [-0.2, 0) is 5.75 Å². The summed E-state index contributed by atoms with van der Waals surface area (Å²) in [5, 5.41) is 4.19. The van der Waals surface area contributed by atoms with Gasteiger partial charge in [0.25, 0.3) is 0 Å².